The predicted molar refractivity (Wildman–Crippen MR) is 141 cm³/mol. The number of anilines is 1. The first kappa shape index (κ1) is 23.4. The summed E-state index contributed by atoms with van der Waals surface area (Å²) in [7, 11) is 0. The number of pyridine rings is 1. The van der Waals surface area contributed by atoms with E-state index in [1.807, 2.05) is 79.7 Å². The van der Waals surface area contributed by atoms with Gasteiger partial charge in [0.15, 0.2) is 4.80 Å². The number of nitrogens with one attached hydrogen (secondary N) is 1. The monoisotopic (exact) mass is 496 g/mol. The van der Waals surface area contributed by atoms with Gasteiger partial charge >= 0.3 is 0 Å². The van der Waals surface area contributed by atoms with E-state index in [9.17, 15) is 9.59 Å². The lowest BCUT2D eigenvalue weighted by Crippen LogP contribution is -2.40. The number of thiazole rings is 1. The maximum atomic E-state index is 13.7. The Morgan fingerprint density at radius 2 is 1.81 bits per heavy atom. The number of rotatable bonds is 6. The van der Waals surface area contributed by atoms with E-state index in [-0.39, 0.29) is 11.5 Å². The van der Waals surface area contributed by atoms with Crippen molar-refractivity contribution in [3.63, 3.8) is 0 Å². The molecule has 1 N–H and O–H groups in total. The summed E-state index contributed by atoms with van der Waals surface area (Å²) < 4.78 is 7.75. The number of para-hydroxylation sites is 1. The first-order valence-corrected chi connectivity index (χ1v) is 12.4. The fourth-order valence-electron chi connectivity index (χ4n) is 4.17. The molecule has 0 bridgehead atoms. The van der Waals surface area contributed by atoms with Crippen molar-refractivity contribution < 1.29 is 9.53 Å². The maximum Gasteiger partial charge on any atom is 0.271 e. The fourth-order valence-corrected chi connectivity index (χ4v) is 5.22. The van der Waals surface area contributed by atoms with Crippen LogP contribution in [0, 0.1) is 0 Å². The highest BCUT2D eigenvalue weighted by Crippen LogP contribution is 2.31. The SMILES string of the molecule is CCOc1ccc([C@@H]2C(C(=O)Nc3ccccc3)=C(C)N=c3s/c(=C\c4ccncc4)c(=O)n32)cc1. The molecule has 0 unspecified atom stereocenters. The van der Waals surface area contributed by atoms with Gasteiger partial charge in [0.2, 0.25) is 0 Å². The summed E-state index contributed by atoms with van der Waals surface area (Å²) in [6.45, 7) is 4.28. The van der Waals surface area contributed by atoms with Crippen molar-refractivity contribution in [2.24, 2.45) is 4.99 Å². The summed E-state index contributed by atoms with van der Waals surface area (Å²) in [5.41, 5.74) is 3.12. The third-order valence-corrected chi connectivity index (χ3v) is 6.79. The van der Waals surface area contributed by atoms with E-state index in [2.05, 4.69) is 15.3 Å². The molecular weight excluding hydrogens is 472 g/mol. The van der Waals surface area contributed by atoms with Crippen LogP contribution >= 0.6 is 11.3 Å². The van der Waals surface area contributed by atoms with Crippen LogP contribution in [0.1, 0.15) is 31.0 Å². The Morgan fingerprint density at radius 1 is 1.08 bits per heavy atom. The van der Waals surface area contributed by atoms with E-state index in [4.69, 9.17) is 4.74 Å². The lowest BCUT2D eigenvalue weighted by Gasteiger charge is -2.25. The lowest BCUT2D eigenvalue weighted by atomic mass is 9.95. The topological polar surface area (TPSA) is 85.6 Å². The van der Waals surface area contributed by atoms with Crippen LogP contribution in [0.2, 0.25) is 0 Å². The van der Waals surface area contributed by atoms with E-state index in [0.717, 1.165) is 16.9 Å². The molecule has 36 heavy (non-hydrogen) atoms. The fraction of sp³-hybridized carbons (Fsp3) is 0.143. The Kier molecular flexibility index (Phi) is 6.60. The second-order valence-corrected chi connectivity index (χ2v) is 9.19. The minimum atomic E-state index is -0.639. The molecule has 0 aliphatic carbocycles. The number of amides is 1. The number of carbonyl (C=O) groups excluding carboxylic acids is 1. The summed E-state index contributed by atoms with van der Waals surface area (Å²) in [6.07, 6.45) is 5.19. The molecule has 3 heterocycles. The molecule has 2 aromatic heterocycles. The third kappa shape index (κ3) is 4.63. The Labute approximate surface area is 211 Å². The molecule has 0 radical (unpaired) electrons. The Morgan fingerprint density at radius 3 is 2.50 bits per heavy atom. The number of carbonyl (C=O) groups is 1. The Balaban J connectivity index is 1.66. The van der Waals surface area contributed by atoms with Gasteiger partial charge in [0.25, 0.3) is 11.5 Å². The van der Waals surface area contributed by atoms with Gasteiger partial charge in [-0.15, -0.1) is 0 Å². The molecule has 2 aromatic carbocycles. The minimum Gasteiger partial charge on any atom is -0.494 e. The number of allylic oxidation sites excluding steroid dienone is 1. The number of fused-ring (bicyclic) bond motifs is 1. The molecule has 0 saturated heterocycles. The van der Waals surface area contributed by atoms with Gasteiger partial charge < -0.3 is 10.1 Å². The molecule has 0 fully saturated rings. The van der Waals surface area contributed by atoms with Crippen LogP contribution in [0.3, 0.4) is 0 Å². The normalized spacial score (nSPS) is 15.3. The van der Waals surface area contributed by atoms with Crippen molar-refractivity contribution >= 4 is 29.0 Å². The highest BCUT2D eigenvalue weighted by molar-refractivity contribution is 7.07. The van der Waals surface area contributed by atoms with Crippen LogP contribution in [0.25, 0.3) is 6.08 Å². The molecule has 1 atom stereocenters. The molecule has 1 aliphatic heterocycles. The van der Waals surface area contributed by atoms with E-state index in [1.54, 1.807) is 23.9 Å². The zero-order valence-electron chi connectivity index (χ0n) is 19.8. The third-order valence-electron chi connectivity index (χ3n) is 5.81. The van der Waals surface area contributed by atoms with E-state index in [0.29, 0.717) is 32.9 Å². The molecule has 0 saturated carbocycles. The van der Waals surface area contributed by atoms with Crippen molar-refractivity contribution in [3.8, 4) is 5.75 Å². The van der Waals surface area contributed by atoms with Crippen LogP contribution in [-0.4, -0.2) is 22.1 Å². The number of hydrogen-bond acceptors (Lipinski definition) is 6. The largest absolute Gasteiger partial charge is 0.494 e. The average Bonchev–Trinajstić information content (AvgIpc) is 3.19. The summed E-state index contributed by atoms with van der Waals surface area (Å²) in [6, 6.07) is 19.8. The molecule has 8 heteroatoms. The second kappa shape index (κ2) is 10.1. The first-order chi connectivity index (χ1) is 17.5. The summed E-state index contributed by atoms with van der Waals surface area (Å²) in [5, 5.41) is 2.96. The van der Waals surface area contributed by atoms with E-state index < -0.39 is 6.04 Å². The Bertz CT molecular complexity index is 1610. The number of benzene rings is 2. The molecule has 5 rings (SSSR count). The molecule has 4 aromatic rings. The quantitative estimate of drug-likeness (QED) is 0.441. The predicted octanol–water partition coefficient (Wildman–Crippen LogP) is 3.67. The smallest absolute Gasteiger partial charge is 0.271 e. The van der Waals surface area contributed by atoms with Crippen LogP contribution in [0.5, 0.6) is 5.75 Å². The highest BCUT2D eigenvalue weighted by Gasteiger charge is 2.32. The average molecular weight is 497 g/mol. The molecule has 0 spiro atoms. The van der Waals surface area contributed by atoms with Crippen LogP contribution < -0.4 is 24.9 Å². The van der Waals surface area contributed by atoms with Crippen molar-refractivity contribution in [3.05, 3.63) is 121 Å². The van der Waals surface area contributed by atoms with Crippen molar-refractivity contribution in [1.82, 2.24) is 9.55 Å². The van der Waals surface area contributed by atoms with Crippen molar-refractivity contribution in [1.29, 1.82) is 0 Å². The zero-order valence-corrected chi connectivity index (χ0v) is 20.7. The van der Waals surface area contributed by atoms with Gasteiger partial charge in [0.1, 0.15) is 5.75 Å². The van der Waals surface area contributed by atoms with E-state index in [1.165, 1.54) is 11.3 Å². The summed E-state index contributed by atoms with van der Waals surface area (Å²) in [5.74, 6) is 0.423. The highest BCUT2D eigenvalue weighted by atomic mass is 32.1. The molecule has 180 valence electrons. The minimum absolute atomic E-state index is 0.202. The Hall–Kier alpha value is -4.30. The zero-order chi connectivity index (χ0) is 25.1. The van der Waals surface area contributed by atoms with Gasteiger partial charge in [-0.1, -0.05) is 41.7 Å². The molecule has 1 aliphatic rings. The first-order valence-electron chi connectivity index (χ1n) is 11.6. The van der Waals surface area contributed by atoms with Gasteiger partial charge in [0.05, 0.1) is 28.5 Å². The number of ether oxygens (including phenoxy) is 1. The second-order valence-electron chi connectivity index (χ2n) is 8.18. The van der Waals surface area contributed by atoms with Gasteiger partial charge in [0, 0.05) is 18.1 Å². The lowest BCUT2D eigenvalue weighted by molar-refractivity contribution is -0.113. The molecule has 1 amide bonds. The van der Waals surface area contributed by atoms with Crippen LogP contribution in [-0.2, 0) is 4.79 Å². The van der Waals surface area contributed by atoms with Crippen molar-refractivity contribution in [2.45, 2.75) is 19.9 Å². The van der Waals surface area contributed by atoms with Crippen LogP contribution in [0.15, 0.2) is 100 Å². The molecular formula is C28H24N4O3S. The summed E-state index contributed by atoms with van der Waals surface area (Å²) >= 11 is 1.31. The standard InChI is InChI=1S/C28H24N4O3S/c1-3-35-22-11-9-20(10-12-22)25-24(26(33)31-21-7-5-4-6-8-21)18(2)30-28-32(25)27(34)23(36-28)17-19-13-15-29-16-14-19/h4-17,25H,3H2,1-2H3,(H,31,33)/b23-17-/t25-/m1/s1. The van der Waals surface area contributed by atoms with Gasteiger partial charge in [-0.2, -0.15) is 0 Å². The maximum absolute atomic E-state index is 13.7. The summed E-state index contributed by atoms with van der Waals surface area (Å²) in [4.78, 5) is 36.5. The molecule has 7 nitrogen and oxygen atoms in total. The van der Waals surface area contributed by atoms with Gasteiger partial charge in [-0.3, -0.25) is 19.1 Å². The number of nitrogens with zero attached hydrogens (tertiary/aromatic N) is 3. The van der Waals surface area contributed by atoms with Gasteiger partial charge in [-0.25, -0.2) is 4.99 Å². The van der Waals surface area contributed by atoms with E-state index >= 15 is 0 Å². The van der Waals surface area contributed by atoms with Crippen LogP contribution in [0.4, 0.5) is 5.69 Å². The van der Waals surface area contributed by atoms with Crippen molar-refractivity contribution in [2.75, 3.05) is 11.9 Å². The number of aromatic nitrogens is 2. The van der Waals surface area contributed by atoms with Gasteiger partial charge in [-0.05, 0) is 67.4 Å². The number of hydrogen-bond donors (Lipinski definition) is 1.